The first-order valence-corrected chi connectivity index (χ1v) is 8.96. The molecule has 150 valence electrons. The number of hydrogen-bond acceptors (Lipinski definition) is 6. The lowest BCUT2D eigenvalue weighted by Gasteiger charge is -2.46. The molecule has 27 heavy (non-hydrogen) atoms. The Morgan fingerprint density at radius 1 is 1.41 bits per heavy atom. The number of likely N-dealkylation sites (tertiary alicyclic amines) is 1. The number of esters is 1. The topological polar surface area (TPSA) is 65.1 Å². The van der Waals surface area contributed by atoms with E-state index in [1.54, 1.807) is 0 Å². The first-order chi connectivity index (χ1) is 12.7. The monoisotopic (exact) mass is 407 g/mol. The van der Waals surface area contributed by atoms with Crippen LogP contribution in [0.2, 0.25) is 0 Å². The summed E-state index contributed by atoms with van der Waals surface area (Å²) in [6.07, 6.45) is -2.96. The smallest absolute Gasteiger partial charge is 0.425 e. The van der Waals surface area contributed by atoms with Crippen LogP contribution in [0.4, 0.5) is 18.0 Å². The summed E-state index contributed by atoms with van der Waals surface area (Å²) in [5, 5.41) is 1.18. The maximum Gasteiger partial charge on any atom is 0.425 e. The second kappa shape index (κ2) is 8.20. The van der Waals surface area contributed by atoms with Crippen molar-refractivity contribution >= 4 is 23.4 Å². The van der Waals surface area contributed by atoms with Crippen molar-refractivity contribution in [1.82, 2.24) is 4.90 Å². The molecule has 10 heteroatoms. The first kappa shape index (κ1) is 21.1. The van der Waals surface area contributed by atoms with E-state index in [-0.39, 0.29) is 18.6 Å². The van der Waals surface area contributed by atoms with Gasteiger partial charge in [-0.25, -0.2) is 9.59 Å². The molecule has 0 spiro atoms. The Morgan fingerprint density at radius 3 is 2.63 bits per heavy atom. The number of halogens is 3. The highest BCUT2D eigenvalue weighted by atomic mass is 32.1. The second-order valence-electron chi connectivity index (χ2n) is 5.93. The highest BCUT2D eigenvalue weighted by Crippen LogP contribution is 2.41. The summed E-state index contributed by atoms with van der Waals surface area (Å²) in [5.41, 5.74) is -1.67. The number of alkyl halides is 3. The standard InChI is InChI=1S/C17H20F3NO5S/c1-4-6-12-16(14(22)24-2,7-5-8-21(12)15(23)25-3)26-11-9-13(27-10-11)17(18,19)20/h4,9-10,12H,1,5-8H2,2-3H3. The molecule has 1 aliphatic rings. The van der Waals surface area contributed by atoms with Gasteiger partial charge in [-0.3, -0.25) is 0 Å². The summed E-state index contributed by atoms with van der Waals surface area (Å²) in [6.45, 7) is 3.95. The molecule has 6 nitrogen and oxygen atoms in total. The summed E-state index contributed by atoms with van der Waals surface area (Å²) in [6, 6.07) is -0.00452. The molecule has 2 unspecified atom stereocenters. The average Bonchev–Trinajstić information content (AvgIpc) is 3.10. The number of nitrogens with zero attached hydrogens (tertiary/aromatic N) is 1. The van der Waals surface area contributed by atoms with E-state index in [9.17, 15) is 22.8 Å². The fourth-order valence-corrected chi connectivity index (χ4v) is 3.88. The number of piperidine rings is 1. The number of thiophene rings is 1. The van der Waals surface area contributed by atoms with Crippen LogP contribution < -0.4 is 4.74 Å². The quantitative estimate of drug-likeness (QED) is 0.548. The number of carbonyl (C=O) groups excluding carboxylic acids is 2. The van der Waals surface area contributed by atoms with E-state index in [2.05, 4.69) is 6.58 Å². The van der Waals surface area contributed by atoms with Gasteiger partial charge in [-0.05, 0) is 12.8 Å². The van der Waals surface area contributed by atoms with E-state index in [4.69, 9.17) is 14.2 Å². The predicted octanol–water partition coefficient (Wildman–Crippen LogP) is 3.86. The van der Waals surface area contributed by atoms with E-state index >= 15 is 0 Å². The van der Waals surface area contributed by atoms with Gasteiger partial charge in [0.25, 0.3) is 0 Å². The number of amides is 1. The van der Waals surface area contributed by atoms with Crippen LogP contribution in [0, 0.1) is 0 Å². The minimum absolute atomic E-state index is 0.112. The van der Waals surface area contributed by atoms with E-state index < -0.39 is 34.8 Å². The second-order valence-corrected chi connectivity index (χ2v) is 6.85. The Kier molecular flexibility index (Phi) is 6.40. The zero-order valence-corrected chi connectivity index (χ0v) is 15.7. The molecule has 0 saturated carbocycles. The molecular formula is C17H20F3NO5S. The molecule has 0 bridgehead atoms. The maximum absolute atomic E-state index is 12.9. The van der Waals surface area contributed by atoms with Crippen molar-refractivity contribution in [3.05, 3.63) is 29.0 Å². The molecule has 1 aromatic heterocycles. The van der Waals surface area contributed by atoms with Gasteiger partial charge in [0.05, 0.1) is 20.3 Å². The minimum atomic E-state index is -4.52. The van der Waals surface area contributed by atoms with Crippen LogP contribution in [-0.2, 0) is 20.4 Å². The Labute approximate surface area is 158 Å². The molecule has 2 atom stereocenters. The van der Waals surface area contributed by atoms with Crippen molar-refractivity contribution in [2.75, 3.05) is 20.8 Å². The molecule has 1 aliphatic heterocycles. The average molecular weight is 407 g/mol. The highest BCUT2D eigenvalue weighted by molar-refractivity contribution is 7.10. The number of methoxy groups -OCH3 is 2. The largest absolute Gasteiger partial charge is 0.472 e. The van der Waals surface area contributed by atoms with Crippen molar-refractivity contribution in [3.8, 4) is 5.75 Å². The van der Waals surface area contributed by atoms with Crippen LogP contribution in [0.25, 0.3) is 0 Å². The number of rotatable bonds is 5. The third kappa shape index (κ3) is 4.20. The molecule has 0 aliphatic carbocycles. The molecule has 1 fully saturated rings. The van der Waals surface area contributed by atoms with Gasteiger partial charge in [-0.2, -0.15) is 13.2 Å². The zero-order valence-electron chi connectivity index (χ0n) is 14.9. The van der Waals surface area contributed by atoms with Crippen molar-refractivity contribution in [1.29, 1.82) is 0 Å². The van der Waals surface area contributed by atoms with Crippen molar-refractivity contribution < 1.29 is 37.0 Å². The lowest BCUT2D eigenvalue weighted by atomic mass is 9.82. The molecule has 2 rings (SSSR count). The highest BCUT2D eigenvalue weighted by Gasteiger charge is 2.55. The number of ether oxygens (including phenoxy) is 3. The van der Waals surface area contributed by atoms with Crippen LogP contribution >= 0.6 is 11.3 Å². The van der Waals surface area contributed by atoms with Crippen molar-refractivity contribution in [2.24, 2.45) is 0 Å². The number of hydrogen-bond donors (Lipinski definition) is 0. The van der Waals surface area contributed by atoms with Gasteiger partial charge in [-0.1, -0.05) is 6.08 Å². The Morgan fingerprint density at radius 2 is 2.11 bits per heavy atom. The van der Waals surface area contributed by atoms with Crippen LogP contribution in [0.1, 0.15) is 24.1 Å². The Bertz CT molecular complexity index is 705. The fourth-order valence-electron chi connectivity index (χ4n) is 3.20. The van der Waals surface area contributed by atoms with Crippen molar-refractivity contribution in [3.63, 3.8) is 0 Å². The first-order valence-electron chi connectivity index (χ1n) is 8.08. The third-order valence-corrected chi connectivity index (χ3v) is 5.30. The minimum Gasteiger partial charge on any atom is -0.472 e. The van der Waals surface area contributed by atoms with Crippen molar-refractivity contribution in [2.45, 2.75) is 37.1 Å². The zero-order chi connectivity index (χ0) is 20.2. The number of carbonyl (C=O) groups is 2. The van der Waals surface area contributed by atoms with E-state index in [1.165, 1.54) is 23.5 Å². The normalized spacial score (nSPS) is 22.9. The Balaban J connectivity index is 2.46. The Hall–Kier alpha value is -2.23. The van der Waals surface area contributed by atoms with Crippen LogP contribution in [0.15, 0.2) is 24.1 Å². The summed E-state index contributed by atoms with van der Waals surface area (Å²) < 4.78 is 54.1. The maximum atomic E-state index is 12.9. The van der Waals surface area contributed by atoms with Crippen LogP contribution in [0.3, 0.4) is 0 Å². The summed E-state index contributed by atoms with van der Waals surface area (Å²) in [7, 11) is 2.36. The molecule has 0 aromatic carbocycles. The van der Waals surface area contributed by atoms with Gasteiger partial charge >= 0.3 is 18.2 Å². The van der Waals surface area contributed by atoms with Gasteiger partial charge in [0.15, 0.2) is 0 Å². The van der Waals surface area contributed by atoms with E-state index in [1.807, 2.05) is 0 Å². The van der Waals surface area contributed by atoms with Gasteiger partial charge in [0, 0.05) is 24.4 Å². The molecule has 1 aromatic rings. The van der Waals surface area contributed by atoms with Gasteiger partial charge in [-0.15, -0.1) is 17.9 Å². The third-order valence-electron chi connectivity index (χ3n) is 4.35. The van der Waals surface area contributed by atoms with Gasteiger partial charge < -0.3 is 19.1 Å². The lowest BCUT2D eigenvalue weighted by molar-refractivity contribution is -0.169. The van der Waals surface area contributed by atoms with E-state index in [0.717, 1.165) is 13.2 Å². The fraction of sp³-hybridized carbons (Fsp3) is 0.529. The SMILES string of the molecule is C=CCC1N(C(=O)OC)CCCC1(Oc1csc(C(F)(F)F)c1)C(=O)OC. The molecule has 2 heterocycles. The predicted molar refractivity (Wildman–Crippen MR) is 91.6 cm³/mol. The molecule has 1 saturated heterocycles. The molecule has 0 N–H and O–H groups in total. The summed E-state index contributed by atoms with van der Waals surface area (Å²) >= 11 is 0.462. The molecule has 0 radical (unpaired) electrons. The summed E-state index contributed by atoms with van der Waals surface area (Å²) in [4.78, 5) is 25.3. The van der Waals surface area contributed by atoms with Gasteiger partial charge in [0.1, 0.15) is 10.6 Å². The van der Waals surface area contributed by atoms with Crippen LogP contribution in [-0.4, -0.2) is 49.4 Å². The molecule has 1 amide bonds. The van der Waals surface area contributed by atoms with Crippen LogP contribution in [0.5, 0.6) is 5.75 Å². The lowest BCUT2D eigenvalue weighted by Crippen LogP contribution is -2.65. The molecular weight excluding hydrogens is 387 g/mol. The van der Waals surface area contributed by atoms with E-state index in [0.29, 0.717) is 24.3 Å². The van der Waals surface area contributed by atoms with Gasteiger partial charge in [0.2, 0.25) is 5.60 Å². The summed E-state index contributed by atoms with van der Waals surface area (Å²) in [5.74, 6) is -0.888.